The van der Waals surface area contributed by atoms with Gasteiger partial charge in [0.15, 0.2) is 0 Å². The van der Waals surface area contributed by atoms with Crippen molar-refractivity contribution in [2.45, 2.75) is 19.6 Å². The molecule has 0 aromatic carbocycles. The molecule has 3 heterocycles. The lowest BCUT2D eigenvalue weighted by molar-refractivity contribution is -0.0333. The van der Waals surface area contributed by atoms with Crippen molar-refractivity contribution in [3.05, 3.63) is 26.1 Å². The van der Waals surface area contributed by atoms with E-state index in [1.165, 1.54) is 11.5 Å². The van der Waals surface area contributed by atoms with E-state index >= 15 is 0 Å². The third-order valence-electron chi connectivity index (χ3n) is 2.95. The van der Waals surface area contributed by atoms with Crippen LogP contribution in [0.25, 0.3) is 0 Å². The van der Waals surface area contributed by atoms with Crippen LogP contribution in [-0.4, -0.2) is 39.2 Å². The highest BCUT2D eigenvalue weighted by atomic mass is 35.5. The molecule has 1 fully saturated rings. The molecule has 2 aromatic rings. The monoisotopic (exact) mass is 316 g/mol. The number of thiazole rings is 1. The second-order valence-electron chi connectivity index (χ2n) is 4.42. The van der Waals surface area contributed by atoms with Crippen molar-refractivity contribution in [1.82, 2.24) is 19.5 Å². The maximum atomic E-state index is 6.04. The first kappa shape index (κ1) is 13.4. The molecule has 1 saturated heterocycles. The van der Waals surface area contributed by atoms with Crippen molar-refractivity contribution in [3.8, 4) is 0 Å². The average molecular weight is 317 g/mol. The molecule has 0 radical (unpaired) electrons. The SMILES string of the molecule is Cc1csc([C@H]2CN(Cc3nnsc3Cl)CCO2)n1. The molecular formula is C11H13ClN4OS2. The number of rotatable bonds is 3. The summed E-state index contributed by atoms with van der Waals surface area (Å²) in [7, 11) is 0. The number of nitrogens with zero attached hydrogens (tertiary/aromatic N) is 4. The van der Waals surface area contributed by atoms with Crippen LogP contribution < -0.4 is 0 Å². The molecule has 0 aliphatic carbocycles. The zero-order valence-electron chi connectivity index (χ0n) is 10.4. The highest BCUT2D eigenvalue weighted by Crippen LogP contribution is 2.27. The summed E-state index contributed by atoms with van der Waals surface area (Å²) in [5.41, 5.74) is 1.90. The normalized spacial score (nSPS) is 20.8. The van der Waals surface area contributed by atoms with E-state index in [9.17, 15) is 0 Å². The van der Waals surface area contributed by atoms with Crippen LogP contribution in [0.4, 0.5) is 0 Å². The smallest absolute Gasteiger partial charge is 0.138 e. The molecule has 19 heavy (non-hydrogen) atoms. The number of hydrogen-bond acceptors (Lipinski definition) is 7. The van der Waals surface area contributed by atoms with E-state index in [1.807, 2.05) is 6.92 Å². The van der Waals surface area contributed by atoms with Crippen LogP contribution in [0.3, 0.4) is 0 Å². The molecule has 2 aromatic heterocycles. The Hall–Kier alpha value is -0.600. The van der Waals surface area contributed by atoms with Gasteiger partial charge in [0.1, 0.15) is 21.1 Å². The molecule has 0 amide bonds. The molecule has 0 spiro atoms. The maximum Gasteiger partial charge on any atom is 0.138 e. The Balaban J connectivity index is 1.66. The van der Waals surface area contributed by atoms with Crippen LogP contribution in [0.2, 0.25) is 4.34 Å². The van der Waals surface area contributed by atoms with E-state index in [1.54, 1.807) is 11.3 Å². The Morgan fingerprint density at radius 1 is 1.58 bits per heavy atom. The molecule has 1 aliphatic heterocycles. The zero-order chi connectivity index (χ0) is 13.2. The summed E-state index contributed by atoms with van der Waals surface area (Å²) in [6, 6.07) is 0. The zero-order valence-corrected chi connectivity index (χ0v) is 12.8. The molecule has 5 nitrogen and oxygen atoms in total. The van der Waals surface area contributed by atoms with Crippen LogP contribution in [0.5, 0.6) is 0 Å². The van der Waals surface area contributed by atoms with Gasteiger partial charge < -0.3 is 4.74 Å². The van der Waals surface area contributed by atoms with Gasteiger partial charge in [-0.25, -0.2) is 4.98 Å². The fourth-order valence-corrected chi connectivity index (χ4v) is 3.47. The third-order valence-corrected chi connectivity index (χ3v) is 4.98. The topological polar surface area (TPSA) is 51.1 Å². The van der Waals surface area contributed by atoms with Gasteiger partial charge in [-0.15, -0.1) is 16.4 Å². The van der Waals surface area contributed by atoms with Crippen LogP contribution in [-0.2, 0) is 11.3 Å². The molecule has 0 N–H and O–H groups in total. The summed E-state index contributed by atoms with van der Waals surface area (Å²) in [5.74, 6) is 0. The fourth-order valence-electron chi connectivity index (χ4n) is 2.02. The minimum Gasteiger partial charge on any atom is -0.368 e. The summed E-state index contributed by atoms with van der Waals surface area (Å²) >= 11 is 8.93. The number of hydrogen-bond donors (Lipinski definition) is 0. The third kappa shape index (κ3) is 3.11. The van der Waals surface area contributed by atoms with Crippen molar-refractivity contribution in [1.29, 1.82) is 0 Å². The Bertz CT molecular complexity index is 558. The van der Waals surface area contributed by atoms with Gasteiger partial charge in [-0.05, 0) is 6.92 Å². The average Bonchev–Trinajstić information content (AvgIpc) is 3.00. The Kier molecular flexibility index (Phi) is 4.09. The van der Waals surface area contributed by atoms with E-state index in [-0.39, 0.29) is 6.10 Å². The van der Waals surface area contributed by atoms with Gasteiger partial charge >= 0.3 is 0 Å². The summed E-state index contributed by atoms with van der Waals surface area (Å²) < 4.78 is 10.3. The summed E-state index contributed by atoms with van der Waals surface area (Å²) in [5, 5.41) is 7.15. The predicted molar refractivity (Wildman–Crippen MR) is 75.7 cm³/mol. The van der Waals surface area contributed by atoms with Crippen molar-refractivity contribution in [2.24, 2.45) is 0 Å². The molecular weight excluding hydrogens is 304 g/mol. The molecule has 1 atom stereocenters. The van der Waals surface area contributed by atoms with Gasteiger partial charge in [0.05, 0.1) is 6.61 Å². The van der Waals surface area contributed by atoms with E-state index in [0.29, 0.717) is 10.9 Å². The van der Waals surface area contributed by atoms with Gasteiger partial charge in [0.25, 0.3) is 0 Å². The van der Waals surface area contributed by atoms with Gasteiger partial charge in [-0.1, -0.05) is 16.1 Å². The largest absolute Gasteiger partial charge is 0.368 e. The number of aryl methyl sites for hydroxylation is 1. The predicted octanol–water partition coefficient (Wildman–Crippen LogP) is 2.53. The Morgan fingerprint density at radius 3 is 3.16 bits per heavy atom. The van der Waals surface area contributed by atoms with Gasteiger partial charge in [0.2, 0.25) is 0 Å². The molecule has 0 unspecified atom stereocenters. The number of morpholine rings is 1. The first-order chi connectivity index (χ1) is 9.22. The highest BCUT2D eigenvalue weighted by Gasteiger charge is 2.25. The summed E-state index contributed by atoms with van der Waals surface area (Å²) in [4.78, 5) is 6.78. The lowest BCUT2D eigenvalue weighted by atomic mass is 10.2. The lowest BCUT2D eigenvalue weighted by Crippen LogP contribution is -2.37. The summed E-state index contributed by atoms with van der Waals surface area (Å²) in [6.07, 6.45) is 0.0535. The minimum atomic E-state index is 0.0535. The molecule has 1 aliphatic rings. The van der Waals surface area contributed by atoms with Gasteiger partial charge in [-0.3, -0.25) is 4.90 Å². The minimum absolute atomic E-state index is 0.0535. The van der Waals surface area contributed by atoms with Gasteiger partial charge in [-0.2, -0.15) is 0 Å². The fraction of sp³-hybridized carbons (Fsp3) is 0.545. The van der Waals surface area contributed by atoms with Crippen molar-refractivity contribution in [3.63, 3.8) is 0 Å². The summed E-state index contributed by atoms with van der Waals surface area (Å²) in [6.45, 7) is 5.13. The molecule has 0 saturated carbocycles. The lowest BCUT2D eigenvalue weighted by Gasteiger charge is -2.31. The van der Waals surface area contributed by atoms with Crippen molar-refractivity contribution < 1.29 is 4.74 Å². The molecule has 0 bridgehead atoms. The van der Waals surface area contributed by atoms with Crippen LogP contribution in [0, 0.1) is 6.92 Å². The van der Waals surface area contributed by atoms with Crippen LogP contribution >= 0.6 is 34.5 Å². The molecule has 3 rings (SSSR count). The van der Waals surface area contributed by atoms with Crippen LogP contribution in [0.1, 0.15) is 22.5 Å². The van der Waals surface area contributed by atoms with Crippen LogP contribution in [0.15, 0.2) is 5.38 Å². The van der Waals surface area contributed by atoms with Gasteiger partial charge in [0, 0.05) is 42.2 Å². The second-order valence-corrected chi connectivity index (χ2v) is 6.66. The van der Waals surface area contributed by atoms with E-state index in [2.05, 4.69) is 24.9 Å². The highest BCUT2D eigenvalue weighted by molar-refractivity contribution is 7.10. The molecule has 102 valence electrons. The Labute approximate surface area is 124 Å². The van der Waals surface area contributed by atoms with E-state index in [0.717, 1.165) is 36.0 Å². The standard InChI is InChI=1S/C11H13ClN4OS2/c1-7-6-18-11(13-7)9-5-16(2-3-17-9)4-8-10(12)19-15-14-8/h6,9H,2-5H2,1H3/t9-/m1/s1. The number of ether oxygens (including phenoxy) is 1. The maximum absolute atomic E-state index is 6.04. The van der Waals surface area contributed by atoms with Crippen molar-refractivity contribution in [2.75, 3.05) is 19.7 Å². The number of aromatic nitrogens is 3. The van der Waals surface area contributed by atoms with Crippen molar-refractivity contribution >= 4 is 34.5 Å². The Morgan fingerprint density at radius 2 is 2.47 bits per heavy atom. The van der Waals surface area contributed by atoms with E-state index in [4.69, 9.17) is 16.3 Å². The first-order valence-electron chi connectivity index (χ1n) is 5.95. The first-order valence-corrected chi connectivity index (χ1v) is 7.98. The second kappa shape index (κ2) is 5.80. The number of halogens is 1. The quantitative estimate of drug-likeness (QED) is 0.871. The molecule has 8 heteroatoms. The van der Waals surface area contributed by atoms with E-state index < -0.39 is 0 Å².